The molecule has 184 valence electrons. The van der Waals surface area contributed by atoms with Gasteiger partial charge in [-0.3, -0.25) is 4.79 Å². The van der Waals surface area contributed by atoms with Gasteiger partial charge in [0.05, 0.1) is 7.11 Å². The molecule has 6 nitrogen and oxygen atoms in total. The van der Waals surface area contributed by atoms with Gasteiger partial charge in [-0.1, -0.05) is 55.3 Å². The monoisotopic (exact) mass is 482 g/mol. The number of hydrogen-bond donors (Lipinski definition) is 1. The van der Waals surface area contributed by atoms with Gasteiger partial charge in [0.15, 0.2) is 0 Å². The number of benzene rings is 3. The van der Waals surface area contributed by atoms with Crippen molar-refractivity contribution in [2.24, 2.45) is 0 Å². The average molecular weight is 483 g/mol. The summed E-state index contributed by atoms with van der Waals surface area (Å²) < 4.78 is 7.20. The molecule has 1 fully saturated rings. The Morgan fingerprint density at radius 3 is 2.42 bits per heavy atom. The van der Waals surface area contributed by atoms with E-state index in [2.05, 4.69) is 0 Å². The number of aromatic nitrogens is 1. The fourth-order valence-corrected chi connectivity index (χ4v) is 5.38. The van der Waals surface area contributed by atoms with Gasteiger partial charge in [0.2, 0.25) is 0 Å². The summed E-state index contributed by atoms with van der Waals surface area (Å²) in [5, 5.41) is 11.2. The van der Waals surface area contributed by atoms with Crippen molar-refractivity contribution in [2.45, 2.75) is 38.3 Å². The molecular formula is C30H30N2O4. The van der Waals surface area contributed by atoms with Crippen molar-refractivity contribution in [3.05, 3.63) is 89.6 Å². The van der Waals surface area contributed by atoms with Gasteiger partial charge < -0.3 is 19.3 Å². The lowest BCUT2D eigenvalue weighted by molar-refractivity contribution is 0.0685. The zero-order chi connectivity index (χ0) is 25.2. The molecule has 1 amide bonds. The van der Waals surface area contributed by atoms with Gasteiger partial charge in [-0.25, -0.2) is 4.79 Å². The summed E-state index contributed by atoms with van der Waals surface area (Å²) in [5.41, 5.74) is 4.05. The fourth-order valence-electron chi connectivity index (χ4n) is 5.38. The minimum Gasteiger partial charge on any atom is -0.497 e. The van der Waals surface area contributed by atoms with E-state index in [1.807, 2.05) is 89.3 Å². The summed E-state index contributed by atoms with van der Waals surface area (Å²) in [6.07, 6.45) is 4.43. The summed E-state index contributed by atoms with van der Waals surface area (Å²) in [4.78, 5) is 27.5. The van der Waals surface area contributed by atoms with E-state index in [4.69, 9.17) is 4.74 Å². The minimum atomic E-state index is -0.995. The Hall–Kier alpha value is -4.06. The highest BCUT2D eigenvalue weighted by atomic mass is 16.5. The van der Waals surface area contributed by atoms with Crippen LogP contribution >= 0.6 is 0 Å². The number of rotatable bonds is 7. The molecule has 0 radical (unpaired) electrons. The number of aromatic carboxylic acids is 1. The van der Waals surface area contributed by atoms with Gasteiger partial charge in [-0.05, 0) is 54.3 Å². The Kier molecular flexibility index (Phi) is 6.51. The third kappa shape index (κ3) is 4.35. The highest BCUT2D eigenvalue weighted by molar-refractivity contribution is 6.08. The number of methoxy groups -OCH3 is 1. The number of fused-ring (bicyclic) bond motifs is 1. The van der Waals surface area contributed by atoms with Crippen LogP contribution in [-0.4, -0.2) is 46.6 Å². The zero-order valence-corrected chi connectivity index (χ0v) is 20.6. The SMILES string of the molecule is COc1cccc(Cn2c(C(=O)O)c(-c3ccc(C(=O)N(C)C4CCCC4)cc3)c3ccccc32)c1. The Morgan fingerprint density at radius 2 is 1.72 bits per heavy atom. The number of para-hydroxylation sites is 1. The molecule has 4 aromatic rings. The molecule has 1 heterocycles. The number of amides is 1. The van der Waals surface area contributed by atoms with E-state index in [0.29, 0.717) is 23.7 Å². The molecule has 0 atom stereocenters. The molecule has 5 rings (SSSR count). The van der Waals surface area contributed by atoms with E-state index in [0.717, 1.165) is 40.6 Å². The first-order valence-corrected chi connectivity index (χ1v) is 12.3. The highest BCUT2D eigenvalue weighted by Crippen LogP contribution is 2.36. The van der Waals surface area contributed by atoms with Crippen LogP contribution in [0.2, 0.25) is 0 Å². The number of carbonyl (C=O) groups is 2. The van der Waals surface area contributed by atoms with E-state index in [1.165, 1.54) is 12.8 Å². The van der Waals surface area contributed by atoms with E-state index in [-0.39, 0.29) is 11.6 Å². The van der Waals surface area contributed by atoms with Crippen LogP contribution in [0.25, 0.3) is 22.0 Å². The molecular weight excluding hydrogens is 452 g/mol. The van der Waals surface area contributed by atoms with Gasteiger partial charge in [0.1, 0.15) is 11.4 Å². The number of hydrogen-bond acceptors (Lipinski definition) is 3. The van der Waals surface area contributed by atoms with Crippen molar-refractivity contribution in [1.82, 2.24) is 9.47 Å². The molecule has 1 aliphatic rings. The van der Waals surface area contributed by atoms with Crippen LogP contribution in [0.3, 0.4) is 0 Å². The van der Waals surface area contributed by atoms with Gasteiger partial charge in [-0.2, -0.15) is 0 Å². The van der Waals surface area contributed by atoms with Crippen molar-refractivity contribution in [3.8, 4) is 16.9 Å². The van der Waals surface area contributed by atoms with Crippen LogP contribution < -0.4 is 4.74 Å². The second kappa shape index (κ2) is 9.90. The smallest absolute Gasteiger partial charge is 0.353 e. The molecule has 3 aromatic carbocycles. The number of ether oxygens (including phenoxy) is 1. The van der Waals surface area contributed by atoms with Crippen LogP contribution in [0.1, 0.15) is 52.1 Å². The number of nitrogens with zero attached hydrogens (tertiary/aromatic N) is 2. The zero-order valence-electron chi connectivity index (χ0n) is 20.6. The molecule has 1 N–H and O–H groups in total. The van der Waals surface area contributed by atoms with E-state index >= 15 is 0 Å². The fraction of sp³-hybridized carbons (Fsp3) is 0.267. The maximum absolute atomic E-state index is 13.0. The van der Waals surface area contributed by atoms with Gasteiger partial charge >= 0.3 is 5.97 Å². The highest BCUT2D eigenvalue weighted by Gasteiger charge is 2.26. The number of carboxylic acids is 1. The quantitative estimate of drug-likeness (QED) is 0.347. The Morgan fingerprint density at radius 1 is 1.00 bits per heavy atom. The molecule has 0 bridgehead atoms. The lowest BCUT2D eigenvalue weighted by Crippen LogP contribution is -2.35. The first kappa shape index (κ1) is 23.7. The van der Waals surface area contributed by atoms with Gasteiger partial charge in [-0.15, -0.1) is 0 Å². The van der Waals surface area contributed by atoms with Crippen molar-refractivity contribution in [3.63, 3.8) is 0 Å². The lowest BCUT2D eigenvalue weighted by atomic mass is 10.00. The molecule has 6 heteroatoms. The Labute approximate surface area is 210 Å². The number of carbonyl (C=O) groups excluding carboxylic acids is 1. The largest absolute Gasteiger partial charge is 0.497 e. The minimum absolute atomic E-state index is 0.00682. The van der Waals surface area contributed by atoms with Crippen molar-refractivity contribution in [1.29, 1.82) is 0 Å². The summed E-state index contributed by atoms with van der Waals surface area (Å²) >= 11 is 0. The molecule has 36 heavy (non-hydrogen) atoms. The van der Waals surface area contributed by atoms with E-state index in [9.17, 15) is 14.7 Å². The third-order valence-corrected chi connectivity index (χ3v) is 7.26. The van der Waals surface area contributed by atoms with Crippen molar-refractivity contribution >= 4 is 22.8 Å². The van der Waals surface area contributed by atoms with Crippen LogP contribution in [0.4, 0.5) is 0 Å². The van der Waals surface area contributed by atoms with E-state index < -0.39 is 5.97 Å². The molecule has 0 aliphatic heterocycles. The topological polar surface area (TPSA) is 71.8 Å². The second-order valence-corrected chi connectivity index (χ2v) is 9.42. The molecule has 1 aromatic heterocycles. The normalized spacial score (nSPS) is 13.7. The molecule has 0 spiro atoms. The first-order valence-electron chi connectivity index (χ1n) is 12.3. The molecule has 1 saturated carbocycles. The predicted molar refractivity (Wildman–Crippen MR) is 141 cm³/mol. The van der Waals surface area contributed by atoms with Crippen molar-refractivity contribution in [2.75, 3.05) is 14.2 Å². The molecule has 0 saturated heterocycles. The first-order chi connectivity index (χ1) is 17.5. The maximum Gasteiger partial charge on any atom is 0.353 e. The van der Waals surface area contributed by atoms with Crippen LogP contribution in [0.15, 0.2) is 72.8 Å². The summed E-state index contributed by atoms with van der Waals surface area (Å²) in [5.74, 6) is -0.263. The standard InChI is InChI=1S/C30H30N2O4/c1-31(23-9-3-4-10-23)29(33)22-16-14-21(15-17-22)27-25-12-5-6-13-26(25)32(28(27)30(34)35)19-20-8-7-11-24(18-20)36-2/h5-8,11-18,23H,3-4,9-10,19H2,1-2H3,(H,34,35). The van der Waals surface area contributed by atoms with Crippen molar-refractivity contribution < 1.29 is 19.4 Å². The predicted octanol–water partition coefficient (Wildman–Crippen LogP) is 6.08. The number of carboxylic acid groups (broad SMARTS) is 1. The maximum atomic E-state index is 13.0. The van der Waals surface area contributed by atoms with Gasteiger partial charge in [0.25, 0.3) is 5.91 Å². The average Bonchev–Trinajstić information content (AvgIpc) is 3.55. The summed E-state index contributed by atoms with van der Waals surface area (Å²) in [6.45, 7) is 0.391. The van der Waals surface area contributed by atoms with Gasteiger partial charge in [0, 0.05) is 41.7 Å². The second-order valence-electron chi connectivity index (χ2n) is 9.42. The van der Waals surface area contributed by atoms with Crippen LogP contribution in [0.5, 0.6) is 5.75 Å². The van der Waals surface area contributed by atoms with E-state index in [1.54, 1.807) is 7.11 Å². The lowest BCUT2D eigenvalue weighted by Gasteiger charge is -2.24. The Balaban J connectivity index is 1.56. The molecule has 0 unspecified atom stereocenters. The van der Waals surface area contributed by atoms with Crippen LogP contribution in [-0.2, 0) is 6.54 Å². The molecule has 1 aliphatic carbocycles. The summed E-state index contributed by atoms with van der Waals surface area (Å²) in [7, 11) is 3.49. The summed E-state index contributed by atoms with van der Waals surface area (Å²) in [6, 6.07) is 23.0. The Bertz CT molecular complexity index is 1410. The third-order valence-electron chi connectivity index (χ3n) is 7.26. The van der Waals surface area contributed by atoms with Crippen LogP contribution in [0, 0.1) is 0 Å².